The molecule has 0 aliphatic carbocycles. The first-order valence-corrected chi connectivity index (χ1v) is 9.84. The van der Waals surface area contributed by atoms with Crippen molar-refractivity contribution < 1.29 is 14.6 Å². The van der Waals surface area contributed by atoms with E-state index < -0.39 is 0 Å². The van der Waals surface area contributed by atoms with Crippen LogP contribution in [-0.4, -0.2) is 34.6 Å². The topological polar surface area (TPSA) is 68.5 Å². The maximum absolute atomic E-state index is 9.13. The molecule has 0 radical (unpaired) electrons. The van der Waals surface area contributed by atoms with Crippen LogP contribution in [-0.2, 0) is 13.2 Å². The Labute approximate surface area is 176 Å². The molecule has 1 heterocycles. The fourth-order valence-corrected chi connectivity index (χ4v) is 3.21. The maximum Gasteiger partial charge on any atom is 0.161 e. The number of aryl methyl sites for hydroxylation is 1. The molecule has 1 atom stereocenters. The maximum atomic E-state index is 9.13. The fourth-order valence-electron chi connectivity index (χ4n) is 2.88. The number of nitrogens with one attached hydrogen (secondary N) is 1. The zero-order chi connectivity index (χ0) is 20.8. The Morgan fingerprint density at radius 1 is 1.17 bits per heavy atom. The lowest BCUT2D eigenvalue weighted by Gasteiger charge is -2.14. The minimum atomic E-state index is 0.0307. The summed E-state index contributed by atoms with van der Waals surface area (Å²) >= 11 is 6.57. The molecule has 0 aliphatic rings. The normalized spacial score (nSPS) is 12.0. The average Bonchev–Trinajstić information content (AvgIpc) is 3.04. The van der Waals surface area contributed by atoms with Crippen molar-refractivity contribution in [3.63, 3.8) is 0 Å². The molecule has 0 aliphatic heterocycles. The van der Waals surface area contributed by atoms with Gasteiger partial charge in [-0.25, -0.2) is 4.68 Å². The van der Waals surface area contributed by atoms with E-state index in [-0.39, 0.29) is 19.3 Å². The van der Waals surface area contributed by atoms with Gasteiger partial charge in [0.15, 0.2) is 11.5 Å². The van der Waals surface area contributed by atoms with Crippen molar-refractivity contribution >= 4 is 11.6 Å². The summed E-state index contributed by atoms with van der Waals surface area (Å²) in [7, 11) is 1.61. The van der Waals surface area contributed by atoms with Gasteiger partial charge < -0.3 is 19.9 Å². The van der Waals surface area contributed by atoms with Crippen molar-refractivity contribution in [1.29, 1.82) is 0 Å². The van der Waals surface area contributed by atoms with E-state index in [9.17, 15) is 0 Å². The lowest BCUT2D eigenvalue weighted by atomic mass is 10.2. The molecule has 3 rings (SSSR count). The van der Waals surface area contributed by atoms with Crippen LogP contribution in [0.1, 0.15) is 23.7 Å². The van der Waals surface area contributed by atoms with E-state index in [2.05, 4.69) is 10.4 Å². The molecule has 2 aromatic carbocycles. The molecule has 0 fully saturated rings. The molecule has 154 valence electrons. The minimum absolute atomic E-state index is 0.0307. The zero-order valence-electron chi connectivity index (χ0n) is 16.9. The third-order valence-corrected chi connectivity index (χ3v) is 5.04. The lowest BCUT2D eigenvalue weighted by Crippen LogP contribution is -2.28. The minimum Gasteiger partial charge on any atom is -0.493 e. The van der Waals surface area contributed by atoms with Crippen LogP contribution in [0.4, 0.5) is 0 Å². The van der Waals surface area contributed by atoms with Gasteiger partial charge in [0, 0.05) is 18.2 Å². The van der Waals surface area contributed by atoms with Crippen LogP contribution in [0.5, 0.6) is 11.5 Å². The first-order chi connectivity index (χ1) is 14.0. The SMILES string of the molecule is COc1cc(CN[C@H](C)CO)ccc1OCc1c(C)nn(-c2ccccc2)c1Cl. The second-order valence-electron chi connectivity index (χ2n) is 6.84. The van der Waals surface area contributed by atoms with Gasteiger partial charge in [-0.1, -0.05) is 35.9 Å². The van der Waals surface area contributed by atoms with Gasteiger partial charge in [-0.15, -0.1) is 0 Å². The number of rotatable bonds is 9. The fraction of sp³-hybridized carbons (Fsp3) is 0.318. The van der Waals surface area contributed by atoms with Gasteiger partial charge in [0.25, 0.3) is 0 Å². The summed E-state index contributed by atoms with van der Waals surface area (Å²) in [6.45, 7) is 4.85. The summed E-state index contributed by atoms with van der Waals surface area (Å²) in [4.78, 5) is 0. The number of para-hydroxylation sites is 1. The monoisotopic (exact) mass is 415 g/mol. The van der Waals surface area contributed by atoms with Crippen molar-refractivity contribution in [2.75, 3.05) is 13.7 Å². The molecule has 3 aromatic rings. The number of hydrogen-bond acceptors (Lipinski definition) is 5. The number of aliphatic hydroxyl groups excluding tert-OH is 1. The van der Waals surface area contributed by atoms with Gasteiger partial charge in [-0.05, 0) is 43.7 Å². The number of aromatic nitrogens is 2. The molecule has 6 nitrogen and oxygen atoms in total. The number of aliphatic hydroxyl groups is 1. The highest BCUT2D eigenvalue weighted by molar-refractivity contribution is 6.30. The van der Waals surface area contributed by atoms with Crippen LogP contribution in [0.3, 0.4) is 0 Å². The molecule has 7 heteroatoms. The lowest BCUT2D eigenvalue weighted by molar-refractivity contribution is 0.251. The highest BCUT2D eigenvalue weighted by atomic mass is 35.5. The third-order valence-electron chi connectivity index (χ3n) is 4.65. The van der Waals surface area contributed by atoms with Crippen LogP contribution in [0.2, 0.25) is 5.15 Å². The summed E-state index contributed by atoms with van der Waals surface area (Å²) < 4.78 is 13.2. The van der Waals surface area contributed by atoms with Crippen molar-refractivity contribution in [3.8, 4) is 17.2 Å². The second-order valence-corrected chi connectivity index (χ2v) is 7.20. The standard InChI is InChI=1S/C22H26ClN3O3/c1-15(13-27)24-12-17-9-10-20(21(11-17)28-3)29-14-19-16(2)25-26(22(19)23)18-7-5-4-6-8-18/h4-11,15,24,27H,12-14H2,1-3H3/t15-/m1/s1. The molecule has 0 saturated carbocycles. The van der Waals surface area contributed by atoms with Gasteiger partial charge in [-0.2, -0.15) is 5.10 Å². The van der Waals surface area contributed by atoms with Gasteiger partial charge in [-0.3, -0.25) is 0 Å². The van der Waals surface area contributed by atoms with Gasteiger partial charge in [0.1, 0.15) is 11.8 Å². The molecule has 29 heavy (non-hydrogen) atoms. The van der Waals surface area contributed by atoms with E-state index in [1.165, 1.54) is 0 Å². The number of hydrogen-bond donors (Lipinski definition) is 2. The van der Waals surface area contributed by atoms with Crippen molar-refractivity contribution in [3.05, 3.63) is 70.5 Å². The summed E-state index contributed by atoms with van der Waals surface area (Å²) in [5.41, 5.74) is 3.59. The van der Waals surface area contributed by atoms with E-state index in [0.717, 1.165) is 22.5 Å². The Hall–Kier alpha value is -2.54. The van der Waals surface area contributed by atoms with E-state index in [4.69, 9.17) is 26.2 Å². The van der Waals surface area contributed by atoms with Gasteiger partial charge in [0.05, 0.1) is 25.1 Å². The largest absolute Gasteiger partial charge is 0.493 e. The molecule has 0 amide bonds. The molecule has 0 bridgehead atoms. The van der Waals surface area contributed by atoms with Crippen molar-refractivity contribution in [2.24, 2.45) is 0 Å². The van der Waals surface area contributed by atoms with E-state index in [1.807, 2.05) is 62.4 Å². The van der Waals surface area contributed by atoms with Gasteiger partial charge in [0.2, 0.25) is 0 Å². The van der Waals surface area contributed by atoms with Gasteiger partial charge >= 0.3 is 0 Å². The summed E-state index contributed by atoms with van der Waals surface area (Å²) in [6, 6.07) is 15.6. The van der Waals surface area contributed by atoms with E-state index in [1.54, 1.807) is 11.8 Å². The highest BCUT2D eigenvalue weighted by Crippen LogP contribution is 2.31. The molecule has 0 saturated heterocycles. The highest BCUT2D eigenvalue weighted by Gasteiger charge is 2.16. The molecule has 2 N–H and O–H groups in total. The number of halogens is 1. The average molecular weight is 416 g/mol. The Kier molecular flexibility index (Phi) is 7.14. The summed E-state index contributed by atoms with van der Waals surface area (Å²) in [6.07, 6.45) is 0. The number of nitrogens with zero attached hydrogens (tertiary/aromatic N) is 2. The molecule has 0 unspecified atom stereocenters. The van der Waals surface area contributed by atoms with Crippen LogP contribution < -0.4 is 14.8 Å². The Bertz CT molecular complexity index is 944. The van der Waals surface area contributed by atoms with Crippen molar-refractivity contribution in [1.82, 2.24) is 15.1 Å². The van der Waals surface area contributed by atoms with Crippen LogP contribution in [0, 0.1) is 6.92 Å². The quantitative estimate of drug-likeness (QED) is 0.555. The Balaban J connectivity index is 1.74. The number of methoxy groups -OCH3 is 1. The first kappa shape index (κ1) is 21.2. The number of benzene rings is 2. The smallest absolute Gasteiger partial charge is 0.161 e. The van der Waals surface area contributed by atoms with Crippen LogP contribution >= 0.6 is 11.6 Å². The van der Waals surface area contributed by atoms with E-state index in [0.29, 0.717) is 23.2 Å². The third kappa shape index (κ3) is 5.09. The molecular formula is C22H26ClN3O3. The van der Waals surface area contributed by atoms with Crippen LogP contribution in [0.25, 0.3) is 5.69 Å². The van der Waals surface area contributed by atoms with E-state index >= 15 is 0 Å². The predicted molar refractivity (Wildman–Crippen MR) is 114 cm³/mol. The number of ether oxygens (including phenoxy) is 2. The summed E-state index contributed by atoms with van der Waals surface area (Å²) in [5.74, 6) is 1.28. The predicted octanol–water partition coefficient (Wildman–Crippen LogP) is 3.89. The molecular weight excluding hydrogens is 390 g/mol. The second kappa shape index (κ2) is 9.78. The van der Waals surface area contributed by atoms with Crippen molar-refractivity contribution in [2.45, 2.75) is 33.0 Å². The van der Waals surface area contributed by atoms with Crippen LogP contribution in [0.15, 0.2) is 48.5 Å². The Morgan fingerprint density at radius 3 is 2.62 bits per heavy atom. The molecule has 0 spiro atoms. The first-order valence-electron chi connectivity index (χ1n) is 9.46. The Morgan fingerprint density at radius 2 is 1.93 bits per heavy atom. The zero-order valence-corrected chi connectivity index (χ0v) is 17.6. The summed E-state index contributed by atoms with van der Waals surface area (Å²) in [5, 5.41) is 17.4. The molecule has 1 aromatic heterocycles.